The van der Waals surface area contributed by atoms with Crippen molar-refractivity contribution in [3.05, 3.63) is 81.4 Å². The lowest BCUT2D eigenvalue weighted by Gasteiger charge is -2.09. The van der Waals surface area contributed by atoms with Crippen LogP contribution in [-0.2, 0) is 4.79 Å². The van der Waals surface area contributed by atoms with E-state index in [9.17, 15) is 9.59 Å². The number of fused-ring (bicyclic) bond motifs is 1. The van der Waals surface area contributed by atoms with E-state index < -0.39 is 0 Å². The van der Waals surface area contributed by atoms with Crippen LogP contribution < -0.4 is 10.9 Å². The predicted octanol–water partition coefficient (Wildman–Crippen LogP) is 3.88. The quantitative estimate of drug-likeness (QED) is 0.477. The van der Waals surface area contributed by atoms with Gasteiger partial charge in [-0.2, -0.15) is 0 Å². The number of aryl methyl sites for hydroxylation is 2. The Morgan fingerprint density at radius 2 is 1.83 bits per heavy atom. The minimum absolute atomic E-state index is 0.129. The van der Waals surface area contributed by atoms with Crippen molar-refractivity contribution in [3.8, 4) is 5.69 Å². The van der Waals surface area contributed by atoms with Crippen molar-refractivity contribution >= 4 is 40.6 Å². The fourth-order valence-corrected chi connectivity index (χ4v) is 3.75. The van der Waals surface area contributed by atoms with Crippen LogP contribution >= 0.6 is 23.4 Å². The molecule has 9 heteroatoms. The van der Waals surface area contributed by atoms with E-state index in [4.69, 9.17) is 11.6 Å². The van der Waals surface area contributed by atoms with Crippen molar-refractivity contribution in [3.63, 3.8) is 0 Å². The first-order valence-corrected chi connectivity index (χ1v) is 10.5. The highest BCUT2D eigenvalue weighted by atomic mass is 35.5. The van der Waals surface area contributed by atoms with Crippen LogP contribution in [0.1, 0.15) is 11.1 Å². The van der Waals surface area contributed by atoms with Crippen molar-refractivity contribution in [2.45, 2.75) is 19.0 Å². The zero-order chi connectivity index (χ0) is 21.3. The molecule has 0 saturated carbocycles. The summed E-state index contributed by atoms with van der Waals surface area (Å²) < 4.78 is 3.14. The van der Waals surface area contributed by atoms with Crippen molar-refractivity contribution in [2.75, 3.05) is 11.1 Å². The molecule has 0 saturated heterocycles. The Bertz CT molecular complexity index is 1300. The van der Waals surface area contributed by atoms with Crippen molar-refractivity contribution in [1.82, 2.24) is 19.2 Å². The van der Waals surface area contributed by atoms with Gasteiger partial charge in [0.15, 0.2) is 5.16 Å². The summed E-state index contributed by atoms with van der Waals surface area (Å²) in [4.78, 5) is 25.1. The summed E-state index contributed by atoms with van der Waals surface area (Å²) in [6.45, 7) is 4.03. The Hall–Kier alpha value is -3.10. The number of amides is 1. The van der Waals surface area contributed by atoms with E-state index in [-0.39, 0.29) is 22.9 Å². The van der Waals surface area contributed by atoms with Gasteiger partial charge in [-0.25, -0.2) is 0 Å². The minimum atomic E-state index is -0.272. The third-order valence-electron chi connectivity index (χ3n) is 4.67. The maximum absolute atomic E-state index is 12.9. The summed E-state index contributed by atoms with van der Waals surface area (Å²) >= 11 is 7.05. The third-order valence-corrected chi connectivity index (χ3v) is 5.86. The second-order valence-corrected chi connectivity index (χ2v) is 8.14. The SMILES string of the molecule is Cc1ccc(-n2ccn3c(SCC(=O)Nc4ccc(Cl)cc4)nnc3c2=O)cc1C. The molecule has 7 nitrogen and oxygen atoms in total. The lowest BCUT2D eigenvalue weighted by atomic mass is 10.1. The summed E-state index contributed by atoms with van der Waals surface area (Å²) in [5.41, 5.74) is 3.62. The van der Waals surface area contributed by atoms with Crippen LogP contribution in [-0.4, -0.2) is 30.8 Å². The molecule has 0 spiro atoms. The number of halogens is 1. The molecular weight excluding hydrogens is 422 g/mol. The number of hydrogen-bond donors (Lipinski definition) is 1. The average molecular weight is 440 g/mol. The second kappa shape index (κ2) is 8.33. The van der Waals surface area contributed by atoms with Crippen molar-refractivity contribution in [2.24, 2.45) is 0 Å². The Kier molecular flexibility index (Phi) is 5.61. The van der Waals surface area contributed by atoms with E-state index in [1.165, 1.54) is 16.3 Å². The lowest BCUT2D eigenvalue weighted by Crippen LogP contribution is -2.20. The summed E-state index contributed by atoms with van der Waals surface area (Å²) in [5, 5.41) is 12.0. The largest absolute Gasteiger partial charge is 0.325 e. The van der Waals surface area contributed by atoms with Crippen LogP contribution in [0.15, 0.2) is 64.8 Å². The van der Waals surface area contributed by atoms with Crippen LogP contribution in [0.3, 0.4) is 0 Å². The van der Waals surface area contributed by atoms with Gasteiger partial charge in [-0.05, 0) is 61.4 Å². The number of rotatable bonds is 5. The fourth-order valence-electron chi connectivity index (χ4n) is 2.90. The molecular formula is C21H18ClN5O2S. The number of carbonyl (C=O) groups excluding carboxylic acids is 1. The molecule has 2 heterocycles. The number of nitrogens with zero attached hydrogens (tertiary/aromatic N) is 4. The number of thioether (sulfide) groups is 1. The molecule has 4 aromatic rings. The number of aromatic nitrogens is 4. The molecule has 0 unspecified atom stereocenters. The number of anilines is 1. The zero-order valence-electron chi connectivity index (χ0n) is 16.3. The molecule has 152 valence electrons. The summed E-state index contributed by atoms with van der Waals surface area (Å²) in [7, 11) is 0. The molecule has 0 bridgehead atoms. The molecule has 0 aliphatic heterocycles. The number of hydrogen-bond acceptors (Lipinski definition) is 5. The highest BCUT2D eigenvalue weighted by molar-refractivity contribution is 7.99. The van der Waals surface area contributed by atoms with Crippen LogP contribution in [0.25, 0.3) is 11.3 Å². The van der Waals surface area contributed by atoms with Crippen LogP contribution in [0, 0.1) is 13.8 Å². The van der Waals surface area contributed by atoms with Gasteiger partial charge in [0, 0.05) is 28.8 Å². The molecule has 1 N–H and O–H groups in total. The van der Waals surface area contributed by atoms with Gasteiger partial charge in [0.25, 0.3) is 0 Å². The van der Waals surface area contributed by atoms with Gasteiger partial charge in [0.05, 0.1) is 5.75 Å². The molecule has 0 fully saturated rings. The maximum atomic E-state index is 12.9. The maximum Gasteiger partial charge on any atom is 0.300 e. The lowest BCUT2D eigenvalue weighted by molar-refractivity contribution is -0.113. The van der Waals surface area contributed by atoms with E-state index in [0.717, 1.165) is 16.8 Å². The van der Waals surface area contributed by atoms with E-state index >= 15 is 0 Å². The monoisotopic (exact) mass is 439 g/mol. The zero-order valence-corrected chi connectivity index (χ0v) is 17.9. The second-order valence-electron chi connectivity index (χ2n) is 6.76. The normalized spacial score (nSPS) is 11.0. The fraction of sp³-hybridized carbons (Fsp3) is 0.143. The number of nitrogens with one attached hydrogen (secondary N) is 1. The first-order chi connectivity index (χ1) is 14.4. The van der Waals surface area contributed by atoms with Gasteiger partial charge in [0.1, 0.15) is 0 Å². The van der Waals surface area contributed by atoms with Crippen molar-refractivity contribution < 1.29 is 4.79 Å². The van der Waals surface area contributed by atoms with Crippen LogP contribution in [0.5, 0.6) is 0 Å². The summed E-state index contributed by atoms with van der Waals surface area (Å²) in [6.07, 6.45) is 3.41. The molecule has 2 aromatic heterocycles. The van der Waals surface area contributed by atoms with Crippen LogP contribution in [0.4, 0.5) is 5.69 Å². The van der Waals surface area contributed by atoms with Gasteiger partial charge in [-0.1, -0.05) is 29.4 Å². The highest BCUT2D eigenvalue weighted by Crippen LogP contribution is 2.18. The van der Waals surface area contributed by atoms with E-state index in [2.05, 4.69) is 15.5 Å². The predicted molar refractivity (Wildman–Crippen MR) is 119 cm³/mol. The Balaban J connectivity index is 1.52. The van der Waals surface area contributed by atoms with E-state index in [1.54, 1.807) is 41.1 Å². The average Bonchev–Trinajstić information content (AvgIpc) is 3.15. The molecule has 0 atom stereocenters. The third kappa shape index (κ3) is 4.10. The first kappa shape index (κ1) is 20.2. The van der Waals surface area contributed by atoms with Gasteiger partial charge in [-0.15, -0.1) is 10.2 Å². The Labute approximate surface area is 181 Å². The molecule has 4 rings (SSSR count). The van der Waals surface area contributed by atoms with Gasteiger partial charge < -0.3 is 5.32 Å². The van der Waals surface area contributed by atoms with Crippen molar-refractivity contribution in [1.29, 1.82) is 0 Å². The standard InChI is InChI=1S/C21H18ClN5O2S/c1-13-3-8-17(11-14(13)2)26-9-10-27-19(20(26)29)24-25-21(27)30-12-18(28)23-16-6-4-15(22)5-7-16/h3-11H,12H2,1-2H3,(H,23,28). The van der Waals surface area contributed by atoms with Gasteiger partial charge >= 0.3 is 5.56 Å². The number of benzene rings is 2. The minimum Gasteiger partial charge on any atom is -0.325 e. The van der Waals surface area contributed by atoms with E-state index in [0.29, 0.717) is 15.9 Å². The highest BCUT2D eigenvalue weighted by Gasteiger charge is 2.14. The molecule has 0 aliphatic rings. The summed E-state index contributed by atoms with van der Waals surface area (Å²) in [5.74, 6) is -0.0635. The Morgan fingerprint density at radius 1 is 1.07 bits per heavy atom. The molecule has 1 amide bonds. The molecule has 2 aromatic carbocycles. The summed E-state index contributed by atoms with van der Waals surface area (Å²) in [6, 6.07) is 12.7. The molecule has 30 heavy (non-hydrogen) atoms. The smallest absolute Gasteiger partial charge is 0.300 e. The van der Waals surface area contributed by atoms with Crippen LogP contribution in [0.2, 0.25) is 5.02 Å². The van der Waals surface area contributed by atoms with E-state index in [1.807, 2.05) is 32.0 Å². The number of carbonyl (C=O) groups is 1. The Morgan fingerprint density at radius 3 is 2.57 bits per heavy atom. The molecule has 0 radical (unpaired) electrons. The van der Waals surface area contributed by atoms with Gasteiger partial charge in [-0.3, -0.25) is 18.6 Å². The topological polar surface area (TPSA) is 81.3 Å². The van der Waals surface area contributed by atoms with Gasteiger partial charge in [0.2, 0.25) is 11.6 Å². The molecule has 0 aliphatic carbocycles. The first-order valence-electron chi connectivity index (χ1n) is 9.14.